The fourth-order valence-electron chi connectivity index (χ4n) is 4.87. The third-order valence-corrected chi connectivity index (χ3v) is 6.79. The Hall–Kier alpha value is -4.34. The highest BCUT2D eigenvalue weighted by atomic mass is 16.1. The minimum Gasteiger partial charge on any atom is -0.299 e. The Morgan fingerprint density at radius 1 is 0.605 bits per heavy atom. The maximum absolute atomic E-state index is 12.4. The average molecular weight is 509 g/mol. The van der Waals surface area contributed by atoms with E-state index in [4.69, 9.17) is 0 Å². The van der Waals surface area contributed by atoms with Crippen LogP contribution in [0.4, 0.5) is 0 Å². The Kier molecular flexibility index (Phi) is 8.17. The lowest BCUT2D eigenvalue weighted by molar-refractivity contribution is -0.118. The van der Waals surface area contributed by atoms with Crippen molar-refractivity contribution in [2.75, 3.05) is 0 Å². The predicted molar refractivity (Wildman–Crippen MR) is 137 cm³/mol. The van der Waals surface area contributed by atoms with Gasteiger partial charge in [-0.25, -0.2) is 19.9 Å². The van der Waals surface area contributed by atoms with Gasteiger partial charge in [0.25, 0.3) is 0 Å². The second kappa shape index (κ2) is 12.3. The topological polar surface area (TPSA) is 137 Å². The maximum atomic E-state index is 12.4. The van der Waals surface area contributed by atoms with Crippen LogP contribution in [-0.4, -0.2) is 51.9 Å². The minimum atomic E-state index is 0.0428. The molecule has 1 saturated carbocycles. The van der Waals surface area contributed by atoms with Gasteiger partial charge >= 0.3 is 0 Å². The molecule has 0 unspecified atom stereocenters. The largest absolute Gasteiger partial charge is 0.299 e. The Morgan fingerprint density at radius 3 is 1.47 bits per heavy atom. The molecule has 1 aliphatic carbocycles. The molecular weight excluding hydrogens is 480 g/mol. The number of carbonyl (C=O) groups excluding carboxylic acids is 2. The number of nitrogens with zero attached hydrogens (tertiary/aromatic N) is 8. The van der Waals surface area contributed by atoms with Crippen molar-refractivity contribution in [3.63, 3.8) is 0 Å². The van der Waals surface area contributed by atoms with E-state index in [0.717, 1.165) is 37.1 Å². The molecule has 38 heavy (non-hydrogen) atoms. The van der Waals surface area contributed by atoms with E-state index in [2.05, 4.69) is 40.3 Å². The molecule has 0 spiro atoms. The summed E-state index contributed by atoms with van der Waals surface area (Å²) in [6.07, 6.45) is 11.2. The SMILES string of the molecule is O=C(Cc1ccncn1)Cc1ccc([C@H]2CCC[C@H](c3ccc(CC(=O)Cc4ccncn4)nn3)C2)nn1. The van der Waals surface area contributed by atoms with Gasteiger partial charge in [-0.15, -0.1) is 0 Å². The standard InChI is InChI=1S/C28H28N8O2/c37-25(13-21-8-10-29-17-31-21)15-23-4-6-27(35-33-23)19-2-1-3-20(12-19)28-7-5-24(34-36-28)16-26(38)14-22-9-11-30-18-32-22/h4-11,17-20H,1-3,12-16H2/t19-,20-/m0/s1. The summed E-state index contributed by atoms with van der Waals surface area (Å²) >= 11 is 0. The summed E-state index contributed by atoms with van der Waals surface area (Å²) in [5, 5.41) is 17.6. The van der Waals surface area contributed by atoms with Crippen LogP contribution < -0.4 is 0 Å². The van der Waals surface area contributed by atoms with Crippen LogP contribution >= 0.6 is 0 Å². The third-order valence-electron chi connectivity index (χ3n) is 6.79. The van der Waals surface area contributed by atoms with Gasteiger partial charge in [0.1, 0.15) is 24.2 Å². The van der Waals surface area contributed by atoms with Crippen LogP contribution in [0, 0.1) is 0 Å². The highest BCUT2D eigenvalue weighted by molar-refractivity contribution is 5.82. The van der Waals surface area contributed by atoms with Gasteiger partial charge in [-0.2, -0.15) is 20.4 Å². The van der Waals surface area contributed by atoms with Gasteiger partial charge in [-0.05, 0) is 55.7 Å². The van der Waals surface area contributed by atoms with E-state index in [0.29, 0.717) is 22.8 Å². The number of hydrogen-bond acceptors (Lipinski definition) is 10. The first kappa shape index (κ1) is 25.3. The molecule has 0 aliphatic heterocycles. The Morgan fingerprint density at radius 2 is 1.08 bits per heavy atom. The van der Waals surface area contributed by atoms with E-state index in [1.165, 1.54) is 12.7 Å². The van der Waals surface area contributed by atoms with Crippen LogP contribution in [0.15, 0.2) is 61.4 Å². The van der Waals surface area contributed by atoms with Gasteiger partial charge < -0.3 is 0 Å². The molecule has 1 fully saturated rings. The third kappa shape index (κ3) is 6.90. The summed E-state index contributed by atoms with van der Waals surface area (Å²) in [5.41, 5.74) is 4.62. The molecule has 4 aromatic rings. The van der Waals surface area contributed by atoms with Crippen molar-refractivity contribution in [3.05, 3.63) is 95.6 Å². The zero-order valence-corrected chi connectivity index (χ0v) is 21.0. The second-order valence-corrected chi connectivity index (χ2v) is 9.65. The normalized spacial score (nSPS) is 17.2. The molecule has 0 saturated heterocycles. The molecule has 1 aliphatic rings. The molecule has 10 heteroatoms. The van der Waals surface area contributed by atoms with Gasteiger partial charge in [0, 0.05) is 37.1 Å². The quantitative estimate of drug-likeness (QED) is 0.314. The van der Waals surface area contributed by atoms with Crippen LogP contribution in [0.1, 0.15) is 71.7 Å². The van der Waals surface area contributed by atoms with E-state index in [1.807, 2.05) is 24.3 Å². The first-order valence-electron chi connectivity index (χ1n) is 12.8. The smallest absolute Gasteiger partial charge is 0.144 e. The highest BCUT2D eigenvalue weighted by Crippen LogP contribution is 2.39. The Labute approximate surface area is 220 Å². The molecule has 4 aromatic heterocycles. The molecule has 0 aromatic carbocycles. The van der Waals surface area contributed by atoms with Gasteiger partial charge in [0.05, 0.1) is 47.0 Å². The lowest BCUT2D eigenvalue weighted by Crippen LogP contribution is -2.17. The summed E-state index contributed by atoms with van der Waals surface area (Å²) in [5.74, 6) is 0.647. The summed E-state index contributed by atoms with van der Waals surface area (Å²) in [7, 11) is 0. The summed E-state index contributed by atoms with van der Waals surface area (Å²) in [4.78, 5) is 40.7. The van der Waals surface area contributed by atoms with Crippen molar-refractivity contribution >= 4 is 11.6 Å². The number of aromatic nitrogens is 8. The first-order chi connectivity index (χ1) is 18.6. The molecule has 10 nitrogen and oxygen atoms in total. The van der Waals surface area contributed by atoms with Crippen LogP contribution in [-0.2, 0) is 35.3 Å². The minimum absolute atomic E-state index is 0.0428. The predicted octanol–water partition coefficient (Wildman–Crippen LogP) is 3.00. The molecule has 0 radical (unpaired) electrons. The first-order valence-corrected chi connectivity index (χ1v) is 12.8. The second-order valence-electron chi connectivity index (χ2n) is 9.65. The fourth-order valence-corrected chi connectivity index (χ4v) is 4.87. The van der Waals surface area contributed by atoms with Gasteiger partial charge in [-0.1, -0.05) is 6.42 Å². The number of carbonyl (C=O) groups is 2. The van der Waals surface area contributed by atoms with Gasteiger partial charge in [0.15, 0.2) is 0 Å². The van der Waals surface area contributed by atoms with E-state index >= 15 is 0 Å². The number of rotatable bonds is 10. The zero-order chi connectivity index (χ0) is 26.2. The number of ketones is 2. The Bertz CT molecular complexity index is 1240. The van der Waals surface area contributed by atoms with E-state index in [9.17, 15) is 9.59 Å². The van der Waals surface area contributed by atoms with E-state index in [-0.39, 0.29) is 49.1 Å². The van der Waals surface area contributed by atoms with Gasteiger partial charge in [0.2, 0.25) is 0 Å². The fraction of sp³-hybridized carbons (Fsp3) is 0.357. The zero-order valence-electron chi connectivity index (χ0n) is 21.0. The lowest BCUT2D eigenvalue weighted by atomic mass is 9.78. The number of hydrogen-bond donors (Lipinski definition) is 0. The highest BCUT2D eigenvalue weighted by Gasteiger charge is 2.27. The van der Waals surface area contributed by atoms with E-state index in [1.54, 1.807) is 24.5 Å². The van der Waals surface area contributed by atoms with Crippen molar-refractivity contribution in [2.24, 2.45) is 0 Å². The summed E-state index contributed by atoms with van der Waals surface area (Å²) in [6, 6.07) is 11.3. The summed E-state index contributed by atoms with van der Waals surface area (Å²) in [6.45, 7) is 0. The van der Waals surface area contributed by atoms with Crippen LogP contribution in [0.3, 0.4) is 0 Å². The molecule has 4 heterocycles. The van der Waals surface area contributed by atoms with Crippen LogP contribution in [0.25, 0.3) is 0 Å². The monoisotopic (exact) mass is 508 g/mol. The van der Waals surface area contributed by atoms with Crippen molar-refractivity contribution in [1.82, 2.24) is 40.3 Å². The van der Waals surface area contributed by atoms with Crippen LogP contribution in [0.5, 0.6) is 0 Å². The number of Topliss-reactive ketones (excluding diaryl/α,β-unsaturated/α-hetero) is 2. The summed E-state index contributed by atoms with van der Waals surface area (Å²) < 4.78 is 0. The molecule has 5 rings (SSSR count). The average Bonchev–Trinajstić information content (AvgIpc) is 2.95. The molecule has 2 atom stereocenters. The van der Waals surface area contributed by atoms with Crippen LogP contribution in [0.2, 0.25) is 0 Å². The van der Waals surface area contributed by atoms with Gasteiger partial charge in [-0.3, -0.25) is 9.59 Å². The van der Waals surface area contributed by atoms with Crippen molar-refractivity contribution in [1.29, 1.82) is 0 Å². The van der Waals surface area contributed by atoms with Crippen molar-refractivity contribution < 1.29 is 9.59 Å². The molecule has 0 amide bonds. The van der Waals surface area contributed by atoms with E-state index < -0.39 is 0 Å². The lowest BCUT2D eigenvalue weighted by Gasteiger charge is -2.28. The molecular formula is C28H28N8O2. The molecule has 0 bridgehead atoms. The van der Waals surface area contributed by atoms with Crippen molar-refractivity contribution in [2.45, 2.75) is 63.2 Å². The Balaban J connectivity index is 1.14. The maximum Gasteiger partial charge on any atom is 0.144 e. The molecule has 0 N–H and O–H groups in total. The molecule has 192 valence electrons. The van der Waals surface area contributed by atoms with Crippen molar-refractivity contribution in [3.8, 4) is 0 Å².